The molecule has 2 aromatic carbocycles. The number of rotatable bonds is 6. The Hall–Kier alpha value is -3.06. The van der Waals surface area contributed by atoms with Gasteiger partial charge in [-0.25, -0.2) is 8.42 Å². The number of nitrogens with zero attached hydrogens (tertiary/aromatic N) is 1. The van der Waals surface area contributed by atoms with Gasteiger partial charge in [-0.15, -0.1) is 0 Å². The van der Waals surface area contributed by atoms with Gasteiger partial charge in [-0.1, -0.05) is 25.5 Å². The molecule has 0 atom stereocenters. The maximum atomic E-state index is 12.7. The van der Waals surface area contributed by atoms with Crippen LogP contribution in [-0.2, 0) is 22.9 Å². The molecule has 1 aliphatic heterocycles. The van der Waals surface area contributed by atoms with Gasteiger partial charge in [0.2, 0.25) is 0 Å². The van der Waals surface area contributed by atoms with Gasteiger partial charge in [0, 0.05) is 17.9 Å². The molecule has 0 unspecified atom stereocenters. The molecule has 29 heavy (non-hydrogen) atoms. The van der Waals surface area contributed by atoms with Gasteiger partial charge >= 0.3 is 0 Å². The lowest BCUT2D eigenvalue weighted by Gasteiger charge is -2.16. The molecule has 0 saturated carbocycles. The normalized spacial score (nSPS) is 13.3. The highest BCUT2D eigenvalue weighted by Crippen LogP contribution is 2.32. The Morgan fingerprint density at radius 2 is 1.93 bits per heavy atom. The van der Waals surface area contributed by atoms with E-state index in [4.69, 9.17) is 4.42 Å². The van der Waals surface area contributed by atoms with E-state index < -0.39 is 10.0 Å². The minimum atomic E-state index is -3.67. The summed E-state index contributed by atoms with van der Waals surface area (Å²) in [5.74, 6) is 0.0865. The van der Waals surface area contributed by atoms with E-state index in [2.05, 4.69) is 11.6 Å². The first-order valence-corrected chi connectivity index (χ1v) is 11.1. The monoisotopic (exact) mass is 410 g/mol. The van der Waals surface area contributed by atoms with Gasteiger partial charge in [0.1, 0.15) is 0 Å². The van der Waals surface area contributed by atoms with Crippen molar-refractivity contribution >= 4 is 27.3 Å². The molecule has 2 heterocycles. The van der Waals surface area contributed by atoms with Crippen LogP contribution in [0.4, 0.5) is 11.4 Å². The molecule has 0 aliphatic carbocycles. The number of sulfonamides is 1. The zero-order valence-corrected chi connectivity index (χ0v) is 16.9. The second-order valence-electron chi connectivity index (χ2n) is 7.03. The number of fused-ring (bicyclic) bond motifs is 1. The van der Waals surface area contributed by atoms with Crippen LogP contribution in [0, 0.1) is 0 Å². The smallest absolute Gasteiger partial charge is 0.293 e. The van der Waals surface area contributed by atoms with Crippen LogP contribution in [0.5, 0.6) is 0 Å². The second-order valence-corrected chi connectivity index (χ2v) is 8.71. The fourth-order valence-electron chi connectivity index (χ4n) is 3.55. The maximum Gasteiger partial charge on any atom is 0.293 e. The first kappa shape index (κ1) is 19.3. The van der Waals surface area contributed by atoms with Crippen LogP contribution in [0.25, 0.3) is 0 Å². The van der Waals surface area contributed by atoms with Gasteiger partial charge in [0.25, 0.3) is 15.9 Å². The lowest BCUT2D eigenvalue weighted by molar-refractivity contribution is 0.0963. The summed E-state index contributed by atoms with van der Waals surface area (Å²) in [5.41, 5.74) is 3.29. The molecule has 6 nitrogen and oxygen atoms in total. The van der Waals surface area contributed by atoms with Crippen molar-refractivity contribution in [1.29, 1.82) is 0 Å². The quantitative estimate of drug-likeness (QED) is 0.659. The fraction of sp³-hybridized carbons (Fsp3) is 0.227. The molecule has 0 radical (unpaired) electrons. The average Bonchev–Trinajstić information content (AvgIpc) is 3.38. The zero-order valence-electron chi connectivity index (χ0n) is 16.1. The van der Waals surface area contributed by atoms with Gasteiger partial charge < -0.3 is 9.32 Å². The van der Waals surface area contributed by atoms with E-state index in [1.54, 1.807) is 47.4 Å². The molecule has 3 aromatic rings. The summed E-state index contributed by atoms with van der Waals surface area (Å²) >= 11 is 0. The number of hydrogen-bond acceptors (Lipinski definition) is 4. The number of carbonyl (C=O) groups is 1. The third-order valence-electron chi connectivity index (χ3n) is 4.98. The van der Waals surface area contributed by atoms with Crippen LogP contribution < -0.4 is 9.62 Å². The first-order chi connectivity index (χ1) is 14.0. The van der Waals surface area contributed by atoms with E-state index in [0.717, 1.165) is 29.7 Å². The number of amides is 1. The Balaban J connectivity index is 1.53. The number of benzene rings is 2. The zero-order chi connectivity index (χ0) is 20.4. The Labute approximate surface area is 170 Å². The standard InChI is InChI=1S/C22H22N2O4S/c1-2-4-16-6-9-19(10-7-16)29(26,27)23-18-8-11-20-17(15-18)12-13-24(20)22(25)21-5-3-14-28-21/h3,5-11,14-15,23H,2,4,12-13H2,1H3. The third kappa shape index (κ3) is 3.91. The van der Waals surface area contributed by atoms with Crippen molar-refractivity contribution in [3.05, 3.63) is 77.7 Å². The van der Waals surface area contributed by atoms with Crippen LogP contribution in [0.2, 0.25) is 0 Å². The summed E-state index contributed by atoms with van der Waals surface area (Å²) in [5, 5.41) is 0. The predicted molar refractivity (Wildman–Crippen MR) is 112 cm³/mol. The van der Waals surface area contributed by atoms with Crippen LogP contribution in [0.3, 0.4) is 0 Å². The van der Waals surface area contributed by atoms with Crippen LogP contribution in [0.1, 0.15) is 35.0 Å². The van der Waals surface area contributed by atoms with Crippen LogP contribution in [0.15, 0.2) is 70.2 Å². The van der Waals surface area contributed by atoms with E-state index in [1.165, 1.54) is 6.26 Å². The first-order valence-electron chi connectivity index (χ1n) is 9.58. The number of furan rings is 1. The molecular weight excluding hydrogens is 388 g/mol. The van der Waals surface area contributed by atoms with Gasteiger partial charge in [-0.3, -0.25) is 9.52 Å². The molecule has 150 valence electrons. The number of carbonyl (C=O) groups excluding carboxylic acids is 1. The van der Waals surface area contributed by atoms with Gasteiger partial charge in [0.05, 0.1) is 11.2 Å². The summed E-state index contributed by atoms with van der Waals surface area (Å²) in [7, 11) is -3.67. The molecular formula is C22H22N2O4S. The highest BCUT2D eigenvalue weighted by Gasteiger charge is 2.27. The van der Waals surface area contributed by atoms with E-state index in [1.807, 2.05) is 12.1 Å². The molecule has 1 N–H and O–H groups in total. The van der Waals surface area contributed by atoms with Crippen LogP contribution in [-0.4, -0.2) is 20.9 Å². The second kappa shape index (κ2) is 7.75. The lowest BCUT2D eigenvalue weighted by atomic mass is 10.1. The Bertz CT molecular complexity index is 1120. The van der Waals surface area contributed by atoms with E-state index >= 15 is 0 Å². The van der Waals surface area contributed by atoms with E-state index in [0.29, 0.717) is 18.7 Å². The molecule has 0 bridgehead atoms. The topological polar surface area (TPSA) is 79.6 Å². The summed E-state index contributed by atoms with van der Waals surface area (Å²) < 4.78 is 33.3. The van der Waals surface area contributed by atoms with E-state index in [-0.39, 0.29) is 16.6 Å². The highest BCUT2D eigenvalue weighted by molar-refractivity contribution is 7.92. The summed E-state index contributed by atoms with van der Waals surface area (Å²) in [6.07, 6.45) is 4.06. The van der Waals surface area contributed by atoms with Crippen molar-refractivity contribution in [2.75, 3.05) is 16.2 Å². The van der Waals surface area contributed by atoms with Crippen molar-refractivity contribution in [1.82, 2.24) is 0 Å². The Kier molecular flexibility index (Phi) is 5.15. The minimum Gasteiger partial charge on any atom is -0.459 e. The lowest BCUT2D eigenvalue weighted by Crippen LogP contribution is -2.28. The number of nitrogens with one attached hydrogen (secondary N) is 1. The van der Waals surface area contributed by atoms with Crippen LogP contribution >= 0.6 is 0 Å². The number of aryl methyl sites for hydroxylation is 1. The number of hydrogen-bond donors (Lipinski definition) is 1. The molecule has 0 fully saturated rings. The predicted octanol–water partition coefficient (Wildman–Crippen LogP) is 4.24. The molecule has 0 spiro atoms. The average molecular weight is 410 g/mol. The van der Waals surface area contributed by atoms with Crippen molar-refractivity contribution in [3.8, 4) is 0 Å². The molecule has 1 aliphatic rings. The maximum absolute atomic E-state index is 12.7. The highest BCUT2D eigenvalue weighted by atomic mass is 32.2. The molecule has 0 saturated heterocycles. The summed E-state index contributed by atoms with van der Waals surface area (Å²) in [6.45, 7) is 2.62. The Morgan fingerprint density at radius 3 is 2.62 bits per heavy atom. The van der Waals surface area contributed by atoms with Crippen molar-refractivity contribution in [2.24, 2.45) is 0 Å². The van der Waals surface area contributed by atoms with Gasteiger partial charge in [0.15, 0.2) is 5.76 Å². The SMILES string of the molecule is CCCc1ccc(S(=O)(=O)Nc2ccc3c(c2)CCN3C(=O)c2ccco2)cc1. The van der Waals surface area contributed by atoms with Crippen molar-refractivity contribution < 1.29 is 17.6 Å². The van der Waals surface area contributed by atoms with Crippen molar-refractivity contribution in [2.45, 2.75) is 31.1 Å². The summed E-state index contributed by atoms with van der Waals surface area (Å²) in [6, 6.07) is 15.5. The molecule has 1 aromatic heterocycles. The van der Waals surface area contributed by atoms with E-state index in [9.17, 15) is 13.2 Å². The summed E-state index contributed by atoms with van der Waals surface area (Å²) in [4.78, 5) is 14.4. The van der Waals surface area contributed by atoms with Gasteiger partial charge in [-0.05, 0) is 66.4 Å². The van der Waals surface area contributed by atoms with Gasteiger partial charge in [-0.2, -0.15) is 0 Å². The molecule has 7 heteroatoms. The fourth-order valence-corrected chi connectivity index (χ4v) is 4.60. The number of anilines is 2. The Morgan fingerprint density at radius 1 is 1.14 bits per heavy atom. The van der Waals surface area contributed by atoms with Crippen molar-refractivity contribution in [3.63, 3.8) is 0 Å². The minimum absolute atomic E-state index is 0.200. The molecule has 4 rings (SSSR count). The molecule has 1 amide bonds. The largest absolute Gasteiger partial charge is 0.459 e. The third-order valence-corrected chi connectivity index (χ3v) is 6.37.